The van der Waals surface area contributed by atoms with Gasteiger partial charge >= 0.3 is 12.0 Å². The Morgan fingerprint density at radius 3 is 2.50 bits per heavy atom. The van der Waals surface area contributed by atoms with Gasteiger partial charge in [0.15, 0.2) is 0 Å². The Labute approximate surface area is 127 Å². The minimum atomic E-state index is -1.07. The number of nitrogens with one attached hydrogen (secondary N) is 2. The molecule has 1 aromatic carbocycles. The molecule has 3 N–H and O–H groups in total. The Kier molecular flexibility index (Phi) is 6.10. The van der Waals surface area contributed by atoms with Crippen molar-refractivity contribution >= 4 is 35.2 Å². The Bertz CT molecular complexity index is 506. The topological polar surface area (TPSA) is 78.4 Å². The second kappa shape index (κ2) is 7.36. The molecule has 0 heterocycles. The first-order chi connectivity index (χ1) is 9.32. The number of carboxylic acids is 1. The fourth-order valence-electron chi connectivity index (χ4n) is 1.57. The van der Waals surface area contributed by atoms with Crippen molar-refractivity contribution in [3.8, 4) is 0 Å². The highest BCUT2D eigenvalue weighted by molar-refractivity contribution is 6.42. The zero-order valence-electron chi connectivity index (χ0n) is 11.1. The number of rotatable bonds is 5. The lowest BCUT2D eigenvalue weighted by atomic mass is 10.1. The van der Waals surface area contributed by atoms with Crippen LogP contribution in [0, 0.1) is 5.92 Å². The molecule has 0 aliphatic heterocycles. The summed E-state index contributed by atoms with van der Waals surface area (Å²) in [6.07, 6.45) is 0. The van der Waals surface area contributed by atoms with E-state index in [1.165, 1.54) is 0 Å². The smallest absolute Gasteiger partial charge is 0.326 e. The van der Waals surface area contributed by atoms with E-state index in [1.807, 2.05) is 0 Å². The Hall–Kier alpha value is -1.46. The van der Waals surface area contributed by atoms with E-state index in [-0.39, 0.29) is 12.5 Å². The molecule has 1 rings (SSSR count). The van der Waals surface area contributed by atoms with Crippen molar-refractivity contribution < 1.29 is 14.7 Å². The molecule has 0 radical (unpaired) electrons. The number of aliphatic carboxylic acids is 1. The van der Waals surface area contributed by atoms with Crippen molar-refractivity contribution in [2.45, 2.75) is 26.4 Å². The predicted octanol–water partition coefficient (Wildman–Crippen LogP) is 2.90. The fraction of sp³-hybridized carbons (Fsp3) is 0.385. The number of carboxylic acid groups (broad SMARTS) is 1. The molecule has 0 aliphatic carbocycles. The van der Waals surface area contributed by atoms with E-state index in [2.05, 4.69) is 10.6 Å². The molecular formula is C13H16Cl2N2O3. The van der Waals surface area contributed by atoms with Gasteiger partial charge in [-0.05, 0) is 17.5 Å². The molecule has 0 saturated heterocycles. The van der Waals surface area contributed by atoms with Crippen LogP contribution in [-0.2, 0) is 11.3 Å². The highest BCUT2D eigenvalue weighted by Gasteiger charge is 2.23. The van der Waals surface area contributed by atoms with E-state index in [9.17, 15) is 9.59 Å². The Morgan fingerprint density at radius 1 is 1.30 bits per heavy atom. The molecule has 110 valence electrons. The van der Waals surface area contributed by atoms with E-state index in [1.54, 1.807) is 32.0 Å². The first-order valence-electron chi connectivity index (χ1n) is 6.03. The number of benzene rings is 1. The van der Waals surface area contributed by atoms with Gasteiger partial charge in [-0.15, -0.1) is 0 Å². The largest absolute Gasteiger partial charge is 0.480 e. The van der Waals surface area contributed by atoms with Gasteiger partial charge in [0.05, 0.1) is 10.0 Å². The second-order valence-electron chi connectivity index (χ2n) is 4.60. The van der Waals surface area contributed by atoms with Crippen LogP contribution in [-0.4, -0.2) is 23.1 Å². The van der Waals surface area contributed by atoms with E-state index in [0.717, 1.165) is 0 Å². The molecule has 0 saturated carbocycles. The average Bonchev–Trinajstić information content (AvgIpc) is 2.37. The number of urea groups is 1. The van der Waals surface area contributed by atoms with E-state index < -0.39 is 18.0 Å². The molecule has 5 nitrogen and oxygen atoms in total. The van der Waals surface area contributed by atoms with Gasteiger partial charge in [0, 0.05) is 6.54 Å². The molecule has 1 unspecified atom stereocenters. The maximum absolute atomic E-state index is 11.7. The lowest BCUT2D eigenvalue weighted by molar-refractivity contribution is -0.140. The lowest BCUT2D eigenvalue weighted by Crippen LogP contribution is -2.48. The average molecular weight is 319 g/mol. The number of halogens is 2. The normalized spacial score (nSPS) is 12.1. The molecule has 0 bridgehead atoms. The monoisotopic (exact) mass is 318 g/mol. The summed E-state index contributed by atoms with van der Waals surface area (Å²) in [6.45, 7) is 3.59. The van der Waals surface area contributed by atoms with Crippen LogP contribution in [0.15, 0.2) is 18.2 Å². The van der Waals surface area contributed by atoms with Gasteiger partial charge < -0.3 is 15.7 Å². The van der Waals surface area contributed by atoms with Crippen molar-refractivity contribution in [1.82, 2.24) is 10.6 Å². The van der Waals surface area contributed by atoms with Crippen LogP contribution < -0.4 is 10.6 Å². The second-order valence-corrected chi connectivity index (χ2v) is 5.39. The van der Waals surface area contributed by atoms with Crippen LogP contribution in [0.2, 0.25) is 10.0 Å². The van der Waals surface area contributed by atoms with Gasteiger partial charge in [0.1, 0.15) is 6.04 Å². The quantitative estimate of drug-likeness (QED) is 0.781. The number of carbonyl (C=O) groups is 2. The summed E-state index contributed by atoms with van der Waals surface area (Å²) in [6, 6.07) is 3.59. The van der Waals surface area contributed by atoms with Crippen LogP contribution in [0.25, 0.3) is 0 Å². The highest BCUT2D eigenvalue weighted by atomic mass is 35.5. The summed E-state index contributed by atoms with van der Waals surface area (Å²) in [5.74, 6) is -1.29. The van der Waals surface area contributed by atoms with Gasteiger partial charge in [-0.2, -0.15) is 0 Å². The Balaban J connectivity index is 2.59. The first-order valence-corrected chi connectivity index (χ1v) is 6.78. The molecular weight excluding hydrogens is 303 g/mol. The summed E-state index contributed by atoms with van der Waals surface area (Å²) in [4.78, 5) is 22.6. The standard InChI is InChI=1S/C13H16Cl2N2O3/c1-7(2)11(12(18)19)17-13(20)16-6-8-4-3-5-9(14)10(8)15/h3-5,7,11H,6H2,1-2H3,(H,18,19)(H2,16,17,20). The number of hydrogen-bond acceptors (Lipinski definition) is 2. The van der Waals surface area contributed by atoms with Crippen molar-refractivity contribution in [3.05, 3.63) is 33.8 Å². The molecule has 7 heteroatoms. The summed E-state index contributed by atoms with van der Waals surface area (Å²) < 4.78 is 0. The zero-order valence-corrected chi connectivity index (χ0v) is 12.6. The third-order valence-corrected chi connectivity index (χ3v) is 3.55. The van der Waals surface area contributed by atoms with Crippen LogP contribution >= 0.6 is 23.2 Å². The number of carbonyl (C=O) groups excluding carboxylic acids is 1. The predicted molar refractivity (Wildman–Crippen MR) is 78.1 cm³/mol. The van der Waals surface area contributed by atoms with Gasteiger partial charge in [-0.1, -0.05) is 49.2 Å². The molecule has 0 spiro atoms. The van der Waals surface area contributed by atoms with Crippen molar-refractivity contribution in [1.29, 1.82) is 0 Å². The minimum absolute atomic E-state index is 0.162. The summed E-state index contributed by atoms with van der Waals surface area (Å²) >= 11 is 11.8. The summed E-state index contributed by atoms with van der Waals surface area (Å²) in [7, 11) is 0. The molecule has 0 fully saturated rings. The third kappa shape index (κ3) is 4.58. The first kappa shape index (κ1) is 16.6. The van der Waals surface area contributed by atoms with Crippen LogP contribution in [0.4, 0.5) is 4.79 Å². The van der Waals surface area contributed by atoms with Crippen molar-refractivity contribution in [3.63, 3.8) is 0 Å². The van der Waals surface area contributed by atoms with E-state index in [0.29, 0.717) is 15.6 Å². The number of amides is 2. The molecule has 0 aromatic heterocycles. The van der Waals surface area contributed by atoms with Crippen molar-refractivity contribution in [2.24, 2.45) is 5.92 Å². The third-order valence-electron chi connectivity index (χ3n) is 2.69. The van der Waals surface area contributed by atoms with Crippen LogP contribution in [0.5, 0.6) is 0 Å². The lowest BCUT2D eigenvalue weighted by Gasteiger charge is -2.18. The van der Waals surface area contributed by atoms with Crippen molar-refractivity contribution in [2.75, 3.05) is 0 Å². The van der Waals surface area contributed by atoms with E-state index in [4.69, 9.17) is 28.3 Å². The zero-order chi connectivity index (χ0) is 15.3. The molecule has 20 heavy (non-hydrogen) atoms. The fourth-order valence-corrected chi connectivity index (χ4v) is 1.95. The highest BCUT2D eigenvalue weighted by Crippen LogP contribution is 2.25. The molecule has 0 aliphatic rings. The molecule has 1 atom stereocenters. The Morgan fingerprint density at radius 2 is 1.95 bits per heavy atom. The maximum Gasteiger partial charge on any atom is 0.326 e. The SMILES string of the molecule is CC(C)C(NC(=O)NCc1cccc(Cl)c1Cl)C(=O)O. The summed E-state index contributed by atoms with van der Waals surface area (Å²) in [5.41, 5.74) is 0.658. The van der Waals surface area contributed by atoms with Gasteiger partial charge in [0.2, 0.25) is 0 Å². The molecule has 1 aromatic rings. The van der Waals surface area contributed by atoms with Gasteiger partial charge in [-0.3, -0.25) is 0 Å². The summed E-state index contributed by atoms with van der Waals surface area (Å²) in [5, 5.41) is 14.7. The van der Waals surface area contributed by atoms with Crippen LogP contribution in [0.3, 0.4) is 0 Å². The number of hydrogen-bond donors (Lipinski definition) is 3. The van der Waals surface area contributed by atoms with E-state index >= 15 is 0 Å². The van der Waals surface area contributed by atoms with Crippen LogP contribution in [0.1, 0.15) is 19.4 Å². The maximum atomic E-state index is 11.7. The minimum Gasteiger partial charge on any atom is -0.480 e. The molecule has 2 amide bonds. The van der Waals surface area contributed by atoms with Gasteiger partial charge in [0.25, 0.3) is 0 Å². The van der Waals surface area contributed by atoms with Gasteiger partial charge in [-0.25, -0.2) is 9.59 Å².